The van der Waals surface area contributed by atoms with E-state index in [1.165, 1.54) is 5.56 Å². The van der Waals surface area contributed by atoms with Crippen LogP contribution in [-0.4, -0.2) is 25.1 Å². The zero-order valence-electron chi connectivity index (χ0n) is 12.8. The molecule has 0 aliphatic carbocycles. The summed E-state index contributed by atoms with van der Waals surface area (Å²) >= 11 is 0. The van der Waals surface area contributed by atoms with Crippen LogP contribution in [0.4, 0.5) is 0 Å². The number of likely N-dealkylation sites (N-methyl/N-ethyl adjacent to an activating group) is 1. The first kappa shape index (κ1) is 15.6. The molecule has 0 aliphatic heterocycles. The average Bonchev–Trinajstić information content (AvgIpc) is 2.99. The molecule has 21 heavy (non-hydrogen) atoms. The van der Waals surface area contributed by atoms with Crippen molar-refractivity contribution in [3.05, 3.63) is 54.0 Å². The van der Waals surface area contributed by atoms with Gasteiger partial charge in [-0.2, -0.15) is 0 Å². The number of nitrogens with zero attached hydrogens (tertiary/aromatic N) is 1. The van der Waals surface area contributed by atoms with Gasteiger partial charge in [-0.25, -0.2) is 0 Å². The van der Waals surface area contributed by atoms with Crippen LogP contribution in [0, 0.1) is 0 Å². The van der Waals surface area contributed by atoms with Crippen molar-refractivity contribution >= 4 is 0 Å². The molecule has 0 radical (unpaired) electrons. The van der Waals surface area contributed by atoms with Gasteiger partial charge in [0.05, 0.1) is 19.4 Å². The maximum absolute atomic E-state index is 5.97. The van der Waals surface area contributed by atoms with Crippen LogP contribution in [0.1, 0.15) is 30.7 Å². The molecule has 1 atom stereocenters. The maximum Gasteiger partial charge on any atom is 0.119 e. The molecule has 1 aromatic carbocycles. The van der Waals surface area contributed by atoms with Crippen LogP contribution in [0.25, 0.3) is 0 Å². The highest BCUT2D eigenvalue weighted by Crippen LogP contribution is 2.24. The predicted molar refractivity (Wildman–Crippen MR) is 84.2 cm³/mol. The van der Waals surface area contributed by atoms with Gasteiger partial charge in [0.1, 0.15) is 11.5 Å². The topological polar surface area (TPSA) is 51.6 Å². The Morgan fingerprint density at radius 3 is 2.81 bits per heavy atom. The molecule has 1 unspecified atom stereocenters. The molecule has 2 aromatic rings. The summed E-state index contributed by atoms with van der Waals surface area (Å²) in [5.41, 5.74) is 7.14. The quantitative estimate of drug-likeness (QED) is 0.810. The lowest BCUT2D eigenvalue weighted by Gasteiger charge is -2.26. The van der Waals surface area contributed by atoms with E-state index in [4.69, 9.17) is 14.9 Å². The number of hydrogen-bond donors (Lipinski definition) is 1. The van der Waals surface area contributed by atoms with Gasteiger partial charge in [0.15, 0.2) is 0 Å². The molecule has 0 fully saturated rings. The van der Waals surface area contributed by atoms with E-state index in [0.717, 1.165) is 31.1 Å². The van der Waals surface area contributed by atoms with Crippen LogP contribution < -0.4 is 10.5 Å². The van der Waals surface area contributed by atoms with Crippen LogP contribution in [0.3, 0.4) is 0 Å². The van der Waals surface area contributed by atoms with Crippen molar-refractivity contribution in [1.29, 1.82) is 0 Å². The first-order chi connectivity index (χ1) is 10.2. The molecule has 0 aliphatic rings. The first-order valence-corrected chi connectivity index (χ1v) is 7.40. The molecule has 0 amide bonds. The molecular formula is C17H24N2O2. The lowest BCUT2D eigenvalue weighted by molar-refractivity contribution is 0.222. The summed E-state index contributed by atoms with van der Waals surface area (Å²) in [4.78, 5) is 2.19. The molecule has 1 aromatic heterocycles. The van der Waals surface area contributed by atoms with Gasteiger partial charge in [0.2, 0.25) is 0 Å². The first-order valence-electron chi connectivity index (χ1n) is 7.40. The highest BCUT2D eigenvalue weighted by Gasteiger charge is 2.17. The van der Waals surface area contributed by atoms with Crippen molar-refractivity contribution < 1.29 is 9.15 Å². The second-order valence-electron chi connectivity index (χ2n) is 5.17. The van der Waals surface area contributed by atoms with E-state index >= 15 is 0 Å². The highest BCUT2D eigenvalue weighted by atomic mass is 16.5. The third kappa shape index (κ3) is 4.34. The van der Waals surface area contributed by atoms with E-state index in [1.54, 1.807) is 6.26 Å². The Hall–Kier alpha value is -1.78. The molecule has 0 bridgehead atoms. The largest absolute Gasteiger partial charge is 0.494 e. The summed E-state index contributed by atoms with van der Waals surface area (Å²) in [6, 6.07) is 12.2. The van der Waals surface area contributed by atoms with Crippen molar-refractivity contribution in [3.63, 3.8) is 0 Å². The molecule has 2 rings (SSSR count). The smallest absolute Gasteiger partial charge is 0.119 e. The molecule has 4 nitrogen and oxygen atoms in total. The van der Waals surface area contributed by atoms with Crippen molar-refractivity contribution in [2.45, 2.75) is 25.9 Å². The second kappa shape index (κ2) is 7.86. The zero-order chi connectivity index (χ0) is 15.1. The van der Waals surface area contributed by atoms with E-state index in [-0.39, 0.29) is 6.04 Å². The van der Waals surface area contributed by atoms with Gasteiger partial charge in [0.25, 0.3) is 0 Å². The molecule has 0 saturated heterocycles. The van der Waals surface area contributed by atoms with Gasteiger partial charge in [-0.15, -0.1) is 0 Å². The molecular weight excluding hydrogens is 264 g/mol. The van der Waals surface area contributed by atoms with Gasteiger partial charge in [0, 0.05) is 12.6 Å². The number of furan rings is 1. The Morgan fingerprint density at radius 2 is 2.14 bits per heavy atom. The van der Waals surface area contributed by atoms with Gasteiger partial charge >= 0.3 is 0 Å². The van der Waals surface area contributed by atoms with Crippen LogP contribution in [0.2, 0.25) is 0 Å². The zero-order valence-corrected chi connectivity index (χ0v) is 12.8. The Balaban J connectivity index is 2.08. The SMILES string of the molecule is CCCOc1cccc(C(CN)N(C)Cc2ccco2)c1. The van der Waals surface area contributed by atoms with Gasteiger partial charge in [-0.3, -0.25) is 4.90 Å². The van der Waals surface area contributed by atoms with E-state index in [0.29, 0.717) is 6.54 Å². The fraction of sp³-hybridized carbons (Fsp3) is 0.412. The van der Waals surface area contributed by atoms with Crippen molar-refractivity contribution in [3.8, 4) is 5.75 Å². The average molecular weight is 288 g/mol. The Labute approximate surface area is 126 Å². The number of rotatable bonds is 8. The van der Waals surface area contributed by atoms with E-state index in [1.807, 2.05) is 24.3 Å². The molecule has 2 N–H and O–H groups in total. The molecule has 0 saturated carbocycles. The number of benzene rings is 1. The standard InChI is InChI=1S/C17H24N2O2/c1-3-9-20-15-7-4-6-14(11-15)17(12-18)19(2)13-16-8-5-10-21-16/h4-8,10-11,17H,3,9,12-13,18H2,1-2H3. The molecule has 4 heteroatoms. The minimum atomic E-state index is 0.139. The van der Waals surface area contributed by atoms with E-state index < -0.39 is 0 Å². The van der Waals surface area contributed by atoms with E-state index in [2.05, 4.69) is 31.0 Å². The summed E-state index contributed by atoms with van der Waals surface area (Å²) in [5, 5.41) is 0. The normalized spacial score (nSPS) is 12.6. The lowest BCUT2D eigenvalue weighted by atomic mass is 10.1. The van der Waals surface area contributed by atoms with Crippen LogP contribution >= 0.6 is 0 Å². The number of ether oxygens (including phenoxy) is 1. The summed E-state index contributed by atoms with van der Waals surface area (Å²) in [5.74, 6) is 1.84. The minimum Gasteiger partial charge on any atom is -0.494 e. The van der Waals surface area contributed by atoms with Crippen molar-refractivity contribution in [2.24, 2.45) is 5.73 Å². The fourth-order valence-electron chi connectivity index (χ4n) is 2.36. The van der Waals surface area contributed by atoms with Crippen molar-refractivity contribution in [1.82, 2.24) is 4.90 Å². The third-order valence-electron chi connectivity index (χ3n) is 3.46. The predicted octanol–water partition coefficient (Wildman–Crippen LogP) is 3.20. The van der Waals surface area contributed by atoms with Gasteiger partial charge < -0.3 is 14.9 Å². The molecule has 0 spiro atoms. The summed E-state index contributed by atoms with van der Waals surface area (Å²) in [6.45, 7) is 4.12. The minimum absolute atomic E-state index is 0.139. The summed E-state index contributed by atoms with van der Waals surface area (Å²) in [6.07, 6.45) is 2.70. The number of hydrogen-bond acceptors (Lipinski definition) is 4. The van der Waals surface area contributed by atoms with Crippen LogP contribution in [0.15, 0.2) is 47.1 Å². The monoisotopic (exact) mass is 288 g/mol. The van der Waals surface area contributed by atoms with E-state index in [9.17, 15) is 0 Å². The highest BCUT2D eigenvalue weighted by molar-refractivity contribution is 5.31. The summed E-state index contributed by atoms with van der Waals surface area (Å²) < 4.78 is 11.1. The fourth-order valence-corrected chi connectivity index (χ4v) is 2.36. The Morgan fingerprint density at radius 1 is 1.29 bits per heavy atom. The number of nitrogens with two attached hydrogens (primary N) is 1. The van der Waals surface area contributed by atoms with Crippen molar-refractivity contribution in [2.75, 3.05) is 20.2 Å². The van der Waals surface area contributed by atoms with Gasteiger partial charge in [-0.05, 0) is 43.3 Å². The van der Waals surface area contributed by atoms with Gasteiger partial charge in [-0.1, -0.05) is 19.1 Å². The molecule has 1 heterocycles. The lowest BCUT2D eigenvalue weighted by Crippen LogP contribution is -2.30. The maximum atomic E-state index is 5.97. The summed E-state index contributed by atoms with van der Waals surface area (Å²) in [7, 11) is 2.06. The van der Waals surface area contributed by atoms with Crippen LogP contribution in [0.5, 0.6) is 5.75 Å². The Bertz CT molecular complexity index is 525. The second-order valence-corrected chi connectivity index (χ2v) is 5.17. The van der Waals surface area contributed by atoms with Crippen LogP contribution in [-0.2, 0) is 6.54 Å². The molecule has 114 valence electrons. The third-order valence-corrected chi connectivity index (χ3v) is 3.46. The Kier molecular flexibility index (Phi) is 5.84.